The van der Waals surface area contributed by atoms with Crippen molar-refractivity contribution in [1.29, 1.82) is 0 Å². The topological polar surface area (TPSA) is 61.0 Å². The number of hydrogen-bond acceptors (Lipinski definition) is 4. The molecule has 1 aliphatic rings. The third-order valence-corrected chi connectivity index (χ3v) is 5.33. The summed E-state index contributed by atoms with van der Waals surface area (Å²) in [6, 6.07) is 13.9. The average Bonchev–Trinajstić information content (AvgIpc) is 2.68. The molecule has 4 rings (SSSR count). The largest absolute Gasteiger partial charge is 0.372 e. The molecule has 2 N–H and O–H groups in total. The molecule has 2 heterocycles. The first-order chi connectivity index (χ1) is 12.7. The molecule has 3 aromatic rings. The molecule has 5 nitrogen and oxygen atoms in total. The zero-order chi connectivity index (χ0) is 17.9. The highest BCUT2D eigenvalue weighted by atomic mass is 35.5. The van der Waals surface area contributed by atoms with Crippen LogP contribution in [0, 0.1) is 0 Å². The van der Waals surface area contributed by atoms with E-state index in [0.29, 0.717) is 16.8 Å². The van der Waals surface area contributed by atoms with Gasteiger partial charge < -0.3 is 10.3 Å². The number of fused-ring (bicyclic) bond motifs is 1. The van der Waals surface area contributed by atoms with Gasteiger partial charge in [0, 0.05) is 23.8 Å². The number of likely N-dealkylation sites (tertiary alicyclic amines) is 1. The van der Waals surface area contributed by atoms with E-state index in [-0.39, 0.29) is 5.56 Å². The van der Waals surface area contributed by atoms with Crippen LogP contribution in [0.15, 0.2) is 53.6 Å². The number of aromatic nitrogens is 2. The molecule has 1 aromatic heterocycles. The van der Waals surface area contributed by atoms with Gasteiger partial charge in [-0.05, 0) is 54.7 Å². The minimum Gasteiger partial charge on any atom is -0.372 e. The van der Waals surface area contributed by atoms with Crippen LogP contribution < -0.4 is 10.9 Å². The molecule has 0 aliphatic carbocycles. The smallest absolute Gasteiger partial charge is 0.258 e. The lowest BCUT2D eigenvalue weighted by molar-refractivity contribution is 0.225. The minimum atomic E-state index is -0.106. The van der Waals surface area contributed by atoms with Crippen LogP contribution in [0.3, 0.4) is 0 Å². The lowest BCUT2D eigenvalue weighted by Crippen LogP contribution is -2.36. The number of piperidine rings is 1. The molecule has 2 aromatic carbocycles. The first kappa shape index (κ1) is 17.1. The van der Waals surface area contributed by atoms with Crippen molar-refractivity contribution in [3.63, 3.8) is 0 Å². The first-order valence-corrected chi connectivity index (χ1v) is 9.26. The Morgan fingerprint density at radius 1 is 1.15 bits per heavy atom. The Labute approximate surface area is 157 Å². The molecular formula is C20H21ClN4O. The van der Waals surface area contributed by atoms with Crippen LogP contribution in [0.25, 0.3) is 10.9 Å². The zero-order valence-corrected chi connectivity index (χ0v) is 15.2. The summed E-state index contributed by atoms with van der Waals surface area (Å²) in [4.78, 5) is 21.0. The van der Waals surface area contributed by atoms with Gasteiger partial charge in [0.1, 0.15) is 0 Å². The van der Waals surface area contributed by atoms with Gasteiger partial charge in [-0.25, -0.2) is 4.98 Å². The Morgan fingerprint density at radius 3 is 2.69 bits per heavy atom. The fourth-order valence-electron chi connectivity index (χ4n) is 3.54. The molecule has 0 saturated carbocycles. The minimum absolute atomic E-state index is 0.106. The molecule has 0 bridgehead atoms. The molecular weight excluding hydrogens is 348 g/mol. The quantitative estimate of drug-likeness (QED) is 0.734. The van der Waals surface area contributed by atoms with E-state index in [4.69, 9.17) is 11.6 Å². The van der Waals surface area contributed by atoms with Crippen LogP contribution in [-0.4, -0.2) is 34.6 Å². The fraction of sp³-hybridized carbons (Fsp3) is 0.300. The second-order valence-corrected chi connectivity index (χ2v) is 7.18. The number of halogens is 1. The van der Waals surface area contributed by atoms with E-state index < -0.39 is 0 Å². The number of nitrogens with one attached hydrogen (secondary N) is 2. The van der Waals surface area contributed by atoms with Gasteiger partial charge in [-0.1, -0.05) is 23.7 Å². The summed E-state index contributed by atoms with van der Waals surface area (Å²) < 4.78 is 0. The summed E-state index contributed by atoms with van der Waals surface area (Å²) in [5.41, 5.74) is 2.97. The molecule has 0 atom stereocenters. The SMILES string of the molecule is O=c1[nH]cnc2cc(NCN3CCC(c4ccc(Cl)cc4)CC3)ccc12. The van der Waals surface area contributed by atoms with E-state index in [9.17, 15) is 4.79 Å². The number of aromatic amines is 1. The Balaban J connectivity index is 1.33. The van der Waals surface area contributed by atoms with Gasteiger partial charge in [0.25, 0.3) is 5.56 Å². The predicted molar refractivity (Wildman–Crippen MR) is 106 cm³/mol. The van der Waals surface area contributed by atoms with E-state index in [0.717, 1.165) is 43.3 Å². The highest BCUT2D eigenvalue weighted by molar-refractivity contribution is 6.30. The third kappa shape index (κ3) is 3.74. The van der Waals surface area contributed by atoms with Crippen molar-refractivity contribution in [2.45, 2.75) is 18.8 Å². The number of benzene rings is 2. The van der Waals surface area contributed by atoms with Crippen molar-refractivity contribution in [2.24, 2.45) is 0 Å². The first-order valence-electron chi connectivity index (χ1n) is 8.88. The highest BCUT2D eigenvalue weighted by Crippen LogP contribution is 2.28. The van der Waals surface area contributed by atoms with Crippen LogP contribution in [0.4, 0.5) is 5.69 Å². The molecule has 1 saturated heterocycles. The van der Waals surface area contributed by atoms with Crippen LogP contribution in [0.5, 0.6) is 0 Å². The van der Waals surface area contributed by atoms with E-state index in [1.165, 1.54) is 11.9 Å². The summed E-state index contributed by atoms with van der Waals surface area (Å²) in [6.07, 6.45) is 3.74. The highest BCUT2D eigenvalue weighted by Gasteiger charge is 2.20. The fourth-order valence-corrected chi connectivity index (χ4v) is 3.67. The standard InChI is InChI=1S/C20H21ClN4O/c21-16-3-1-14(2-4-16)15-7-9-25(10-8-15)13-24-17-5-6-18-19(11-17)22-12-23-20(18)26/h1-6,11-12,15,24H,7-10,13H2,(H,22,23,26). The zero-order valence-electron chi connectivity index (χ0n) is 14.4. The molecule has 0 spiro atoms. The molecule has 6 heteroatoms. The summed E-state index contributed by atoms with van der Waals surface area (Å²) in [5, 5.41) is 4.85. The second-order valence-electron chi connectivity index (χ2n) is 6.74. The molecule has 1 aliphatic heterocycles. The van der Waals surface area contributed by atoms with Gasteiger partial charge in [-0.3, -0.25) is 9.69 Å². The van der Waals surface area contributed by atoms with E-state index >= 15 is 0 Å². The van der Waals surface area contributed by atoms with Crippen molar-refractivity contribution in [3.8, 4) is 0 Å². The average molecular weight is 369 g/mol. The number of nitrogens with zero attached hydrogens (tertiary/aromatic N) is 2. The molecule has 0 amide bonds. The maximum absolute atomic E-state index is 11.7. The lowest BCUT2D eigenvalue weighted by Gasteiger charge is -2.32. The van der Waals surface area contributed by atoms with Gasteiger partial charge in [0.15, 0.2) is 0 Å². The van der Waals surface area contributed by atoms with Gasteiger partial charge in [0.2, 0.25) is 0 Å². The number of anilines is 1. The van der Waals surface area contributed by atoms with Crippen molar-refractivity contribution in [3.05, 3.63) is 69.7 Å². The molecule has 0 radical (unpaired) electrons. The molecule has 134 valence electrons. The Bertz CT molecular complexity index is 946. The van der Waals surface area contributed by atoms with Crippen molar-refractivity contribution in [1.82, 2.24) is 14.9 Å². The van der Waals surface area contributed by atoms with E-state index in [1.807, 2.05) is 30.3 Å². The summed E-state index contributed by atoms with van der Waals surface area (Å²) in [6.45, 7) is 2.92. The summed E-state index contributed by atoms with van der Waals surface area (Å²) in [7, 11) is 0. The normalized spacial score (nSPS) is 16.0. The van der Waals surface area contributed by atoms with E-state index in [2.05, 4.69) is 32.3 Å². The summed E-state index contributed by atoms with van der Waals surface area (Å²) in [5.74, 6) is 0.611. The van der Waals surface area contributed by atoms with Crippen LogP contribution in [-0.2, 0) is 0 Å². The van der Waals surface area contributed by atoms with Gasteiger partial charge in [0.05, 0.1) is 23.9 Å². The number of H-pyrrole nitrogens is 1. The maximum atomic E-state index is 11.7. The second kappa shape index (κ2) is 7.48. The van der Waals surface area contributed by atoms with Crippen LogP contribution >= 0.6 is 11.6 Å². The lowest BCUT2D eigenvalue weighted by atomic mass is 9.90. The van der Waals surface area contributed by atoms with Crippen molar-refractivity contribution < 1.29 is 0 Å². The number of rotatable bonds is 4. The molecule has 26 heavy (non-hydrogen) atoms. The predicted octanol–water partition coefficient (Wildman–Crippen LogP) is 3.83. The molecule has 0 unspecified atom stereocenters. The Hall–Kier alpha value is -2.37. The maximum Gasteiger partial charge on any atom is 0.258 e. The van der Waals surface area contributed by atoms with Gasteiger partial charge in [-0.15, -0.1) is 0 Å². The summed E-state index contributed by atoms with van der Waals surface area (Å²) >= 11 is 5.98. The van der Waals surface area contributed by atoms with Crippen LogP contribution in [0.2, 0.25) is 5.02 Å². The van der Waals surface area contributed by atoms with Gasteiger partial charge in [-0.2, -0.15) is 0 Å². The van der Waals surface area contributed by atoms with Gasteiger partial charge >= 0.3 is 0 Å². The van der Waals surface area contributed by atoms with Crippen LogP contribution in [0.1, 0.15) is 24.3 Å². The van der Waals surface area contributed by atoms with E-state index in [1.54, 1.807) is 0 Å². The number of hydrogen-bond donors (Lipinski definition) is 2. The molecule has 1 fully saturated rings. The van der Waals surface area contributed by atoms with Crippen molar-refractivity contribution >= 4 is 28.2 Å². The Morgan fingerprint density at radius 2 is 1.92 bits per heavy atom. The van der Waals surface area contributed by atoms with Crippen molar-refractivity contribution in [2.75, 3.05) is 25.1 Å². The Kier molecular flexibility index (Phi) is 4.91. The monoisotopic (exact) mass is 368 g/mol. The third-order valence-electron chi connectivity index (χ3n) is 5.08.